The lowest BCUT2D eigenvalue weighted by Gasteiger charge is -2.21. The van der Waals surface area contributed by atoms with Crippen LogP contribution in [0.5, 0.6) is 0 Å². The minimum absolute atomic E-state index is 0.0332. The highest BCUT2D eigenvalue weighted by atomic mass is 31.2. The van der Waals surface area contributed by atoms with Crippen LogP contribution >= 0.6 is 7.75 Å². The van der Waals surface area contributed by atoms with E-state index >= 15 is 0 Å². The first-order valence-corrected chi connectivity index (χ1v) is 10.5. The molecule has 2 heterocycles. The van der Waals surface area contributed by atoms with Gasteiger partial charge in [-0.3, -0.25) is 28.2 Å². The van der Waals surface area contributed by atoms with Gasteiger partial charge >= 0.3 is 19.4 Å². The number of nitrogens with one attached hydrogen (secondary N) is 2. The number of rotatable bonds is 10. The molecular formula is C15H23N6O8P. The van der Waals surface area contributed by atoms with Crippen LogP contribution in [0, 0.1) is 6.92 Å². The number of nitrogens with zero attached hydrogens (tertiary/aromatic N) is 4. The maximum atomic E-state index is 12.7. The maximum Gasteiger partial charge on any atom is 0.406 e. The van der Waals surface area contributed by atoms with Gasteiger partial charge in [-0.25, -0.2) is 14.4 Å². The van der Waals surface area contributed by atoms with Gasteiger partial charge in [-0.2, -0.15) is 0 Å². The molecule has 1 fully saturated rings. The average Bonchev–Trinajstić information content (AvgIpc) is 3.10. The van der Waals surface area contributed by atoms with Gasteiger partial charge in [-0.1, -0.05) is 5.11 Å². The second kappa shape index (κ2) is 10.5. The fraction of sp³-hybridized carbons (Fsp3) is 0.667. The van der Waals surface area contributed by atoms with Crippen molar-refractivity contribution in [3.05, 3.63) is 43.0 Å². The first-order chi connectivity index (χ1) is 14.2. The number of carbonyl (C=O) groups excluding carboxylic acids is 1. The zero-order valence-corrected chi connectivity index (χ0v) is 17.5. The Morgan fingerprint density at radius 3 is 2.87 bits per heavy atom. The molecule has 1 aliphatic heterocycles. The van der Waals surface area contributed by atoms with E-state index < -0.39 is 49.9 Å². The number of aromatic amines is 1. The van der Waals surface area contributed by atoms with Crippen molar-refractivity contribution in [3.8, 4) is 0 Å². The van der Waals surface area contributed by atoms with E-state index in [9.17, 15) is 18.9 Å². The third kappa shape index (κ3) is 6.02. The Balaban J connectivity index is 2.15. The number of hydrogen-bond donors (Lipinski definition) is 2. The minimum atomic E-state index is -3.88. The van der Waals surface area contributed by atoms with Gasteiger partial charge in [0.15, 0.2) is 0 Å². The topological polar surface area (TPSA) is 187 Å². The summed E-state index contributed by atoms with van der Waals surface area (Å²) in [6.45, 7) is 2.42. The highest BCUT2D eigenvalue weighted by Crippen LogP contribution is 2.44. The SMILES string of the molecule is CCOP(=O)(NCC(=O)OC)OC[C@H]1O[C@@H](n2cc(C)c(=O)[nH]c2=O)C[C@@H]1N=[N+]=[N-]. The Labute approximate surface area is 170 Å². The van der Waals surface area contributed by atoms with Gasteiger partial charge < -0.3 is 9.47 Å². The fourth-order valence-electron chi connectivity index (χ4n) is 2.73. The van der Waals surface area contributed by atoms with Crippen molar-refractivity contribution < 1.29 is 27.9 Å². The number of methoxy groups -OCH3 is 1. The Kier molecular flexibility index (Phi) is 8.35. The fourth-order valence-corrected chi connectivity index (χ4v) is 3.99. The van der Waals surface area contributed by atoms with E-state index in [0.717, 1.165) is 0 Å². The van der Waals surface area contributed by atoms with Crippen LogP contribution in [0.25, 0.3) is 10.4 Å². The van der Waals surface area contributed by atoms with Crippen LogP contribution in [0.3, 0.4) is 0 Å². The normalized spacial score (nSPS) is 22.8. The number of azide groups is 1. The molecule has 0 amide bonds. The van der Waals surface area contributed by atoms with Crippen molar-refractivity contribution in [1.82, 2.24) is 14.6 Å². The quantitative estimate of drug-likeness (QED) is 0.172. The molecule has 166 valence electrons. The van der Waals surface area contributed by atoms with E-state index in [0.29, 0.717) is 5.56 Å². The molecule has 2 rings (SSSR count). The molecule has 1 saturated heterocycles. The smallest absolute Gasteiger partial charge is 0.406 e. The molecule has 1 aromatic heterocycles. The minimum Gasteiger partial charge on any atom is -0.468 e. The van der Waals surface area contributed by atoms with Gasteiger partial charge in [-0.15, -0.1) is 0 Å². The average molecular weight is 446 g/mol. The van der Waals surface area contributed by atoms with Crippen LogP contribution in [0.1, 0.15) is 25.1 Å². The summed E-state index contributed by atoms with van der Waals surface area (Å²) in [6.07, 6.45) is -0.242. The van der Waals surface area contributed by atoms with E-state index in [-0.39, 0.29) is 19.6 Å². The van der Waals surface area contributed by atoms with Crippen molar-refractivity contribution in [2.75, 3.05) is 26.9 Å². The highest BCUT2D eigenvalue weighted by molar-refractivity contribution is 7.51. The van der Waals surface area contributed by atoms with E-state index in [1.165, 1.54) is 24.8 Å². The van der Waals surface area contributed by atoms with Crippen molar-refractivity contribution in [1.29, 1.82) is 0 Å². The molecule has 1 aliphatic rings. The molecule has 30 heavy (non-hydrogen) atoms. The van der Waals surface area contributed by atoms with Crippen molar-refractivity contribution in [2.24, 2.45) is 5.11 Å². The predicted molar refractivity (Wildman–Crippen MR) is 103 cm³/mol. The first kappa shape index (κ1) is 23.8. The molecule has 4 atom stereocenters. The molecule has 0 aliphatic carbocycles. The van der Waals surface area contributed by atoms with E-state index in [4.69, 9.17) is 19.3 Å². The summed E-state index contributed by atoms with van der Waals surface area (Å²) < 4.78 is 34.6. The zero-order chi connectivity index (χ0) is 22.3. The van der Waals surface area contributed by atoms with Gasteiger partial charge in [0.25, 0.3) is 5.56 Å². The zero-order valence-electron chi connectivity index (χ0n) is 16.6. The number of aromatic nitrogens is 2. The van der Waals surface area contributed by atoms with Gasteiger partial charge in [-0.05, 0) is 19.4 Å². The summed E-state index contributed by atoms with van der Waals surface area (Å²) in [5, 5.41) is 6.01. The number of H-pyrrole nitrogens is 1. The van der Waals surface area contributed by atoms with Crippen molar-refractivity contribution in [2.45, 2.75) is 38.6 Å². The third-order valence-electron chi connectivity index (χ3n) is 4.21. The summed E-state index contributed by atoms with van der Waals surface area (Å²) in [5.74, 6) is -0.671. The maximum absolute atomic E-state index is 12.7. The van der Waals surface area contributed by atoms with Crippen molar-refractivity contribution >= 4 is 13.7 Å². The molecule has 0 saturated carbocycles. The van der Waals surface area contributed by atoms with Crippen LogP contribution in [-0.4, -0.2) is 54.5 Å². The van der Waals surface area contributed by atoms with Crippen molar-refractivity contribution in [3.63, 3.8) is 0 Å². The van der Waals surface area contributed by atoms with Crippen LogP contribution in [0.15, 0.2) is 20.9 Å². The summed E-state index contributed by atoms with van der Waals surface area (Å²) in [4.78, 5) is 39.9. The van der Waals surface area contributed by atoms with Crippen LogP contribution in [0.2, 0.25) is 0 Å². The Morgan fingerprint density at radius 1 is 1.50 bits per heavy atom. The third-order valence-corrected chi connectivity index (χ3v) is 5.85. The Morgan fingerprint density at radius 2 is 2.23 bits per heavy atom. The number of aryl methyl sites for hydroxylation is 1. The van der Waals surface area contributed by atoms with Gasteiger partial charge in [0, 0.05) is 23.1 Å². The Bertz CT molecular complexity index is 971. The van der Waals surface area contributed by atoms with Gasteiger partial charge in [0.2, 0.25) is 0 Å². The largest absolute Gasteiger partial charge is 0.468 e. The molecule has 0 spiro atoms. The van der Waals surface area contributed by atoms with Crippen LogP contribution in [0.4, 0.5) is 0 Å². The predicted octanol–water partition coefficient (Wildman–Crippen LogP) is 0.735. The molecule has 1 aromatic rings. The van der Waals surface area contributed by atoms with Gasteiger partial charge in [0.1, 0.15) is 12.8 Å². The summed E-state index contributed by atoms with van der Waals surface area (Å²) >= 11 is 0. The molecule has 1 unspecified atom stereocenters. The highest BCUT2D eigenvalue weighted by Gasteiger charge is 2.38. The molecule has 15 heteroatoms. The molecule has 0 aromatic carbocycles. The van der Waals surface area contributed by atoms with Crippen LogP contribution in [-0.2, 0) is 27.9 Å². The Hall–Kier alpha value is -2.47. The lowest BCUT2D eigenvalue weighted by Crippen LogP contribution is -2.33. The molecular weight excluding hydrogens is 423 g/mol. The molecule has 0 radical (unpaired) electrons. The summed E-state index contributed by atoms with van der Waals surface area (Å²) in [7, 11) is -2.71. The van der Waals surface area contributed by atoms with E-state index in [1.807, 2.05) is 0 Å². The molecule has 14 nitrogen and oxygen atoms in total. The second-order valence-corrected chi connectivity index (χ2v) is 8.07. The van der Waals surface area contributed by atoms with E-state index in [2.05, 4.69) is 24.8 Å². The second-order valence-electron chi connectivity index (χ2n) is 6.24. The number of ether oxygens (including phenoxy) is 2. The number of hydrogen-bond acceptors (Lipinski definition) is 9. The van der Waals surface area contributed by atoms with Crippen LogP contribution < -0.4 is 16.3 Å². The standard InChI is InChI=1S/C15H23N6O8P/c1-4-27-30(25,17-6-13(22)26-3)28-8-11-10(19-20-16)5-12(29-11)21-7-9(2)14(23)18-15(21)24/h7,10-12H,4-6,8H2,1-3H3,(H,17,25)(H,18,23,24)/t10-,11+,12+,30?/m0/s1. The van der Waals surface area contributed by atoms with Gasteiger partial charge in [0.05, 0.1) is 32.5 Å². The lowest BCUT2D eigenvalue weighted by atomic mass is 10.1. The number of esters is 1. The first-order valence-electron chi connectivity index (χ1n) is 8.95. The summed E-state index contributed by atoms with van der Waals surface area (Å²) in [6, 6.07) is -0.741. The lowest BCUT2D eigenvalue weighted by molar-refractivity contribution is -0.139. The number of carbonyl (C=O) groups is 1. The molecule has 0 bridgehead atoms. The molecule has 2 N–H and O–H groups in total. The monoisotopic (exact) mass is 446 g/mol. The van der Waals surface area contributed by atoms with E-state index in [1.54, 1.807) is 6.92 Å². The summed E-state index contributed by atoms with van der Waals surface area (Å²) in [5.41, 5.74) is 7.92.